The van der Waals surface area contributed by atoms with Crippen LogP contribution in [0.2, 0.25) is 0 Å². The van der Waals surface area contributed by atoms with Gasteiger partial charge in [-0.1, -0.05) is 0 Å². The molecule has 0 aromatic heterocycles. The fraction of sp³-hybridized carbons (Fsp3) is 0.818. The van der Waals surface area contributed by atoms with E-state index < -0.39 is 0 Å². The minimum absolute atomic E-state index is 0.0370. The van der Waals surface area contributed by atoms with E-state index in [-0.39, 0.29) is 29.8 Å². The number of hydrogen-bond acceptors (Lipinski definition) is 3. The third kappa shape index (κ3) is 1.42. The second-order valence-electron chi connectivity index (χ2n) is 5.21. The Kier molecular flexibility index (Phi) is 2.17. The van der Waals surface area contributed by atoms with E-state index in [2.05, 4.69) is 10.6 Å². The van der Waals surface area contributed by atoms with E-state index in [1.807, 2.05) is 0 Å². The van der Waals surface area contributed by atoms with Crippen LogP contribution in [0.5, 0.6) is 0 Å². The lowest BCUT2D eigenvalue weighted by Gasteiger charge is -2.33. The van der Waals surface area contributed by atoms with Crippen molar-refractivity contribution in [3.8, 4) is 0 Å². The molecule has 3 heterocycles. The zero-order valence-electron chi connectivity index (χ0n) is 9.29. The van der Waals surface area contributed by atoms with Crippen LogP contribution in [0.25, 0.3) is 0 Å². The van der Waals surface area contributed by atoms with Gasteiger partial charge < -0.3 is 15.5 Å². The molecule has 5 heteroatoms. The molecule has 0 aromatic rings. The molecule has 16 heavy (non-hydrogen) atoms. The van der Waals surface area contributed by atoms with E-state index in [4.69, 9.17) is 0 Å². The molecule has 3 rings (SSSR count). The number of amides is 2. The van der Waals surface area contributed by atoms with Crippen molar-refractivity contribution in [3.05, 3.63) is 0 Å². The maximum Gasteiger partial charge on any atom is 0.243 e. The summed E-state index contributed by atoms with van der Waals surface area (Å²) in [7, 11) is 0. The summed E-state index contributed by atoms with van der Waals surface area (Å²) in [5, 5.41) is 6.02. The van der Waals surface area contributed by atoms with Crippen molar-refractivity contribution >= 4 is 11.8 Å². The Bertz CT molecular complexity index is 310. The van der Waals surface area contributed by atoms with Gasteiger partial charge in [-0.05, 0) is 37.8 Å². The highest BCUT2D eigenvalue weighted by Crippen LogP contribution is 2.42. The van der Waals surface area contributed by atoms with Crippen molar-refractivity contribution in [3.63, 3.8) is 0 Å². The molecule has 1 spiro atoms. The van der Waals surface area contributed by atoms with Crippen LogP contribution < -0.4 is 10.6 Å². The van der Waals surface area contributed by atoms with Crippen molar-refractivity contribution in [2.75, 3.05) is 26.2 Å². The zero-order valence-corrected chi connectivity index (χ0v) is 9.29. The van der Waals surface area contributed by atoms with Crippen LogP contribution in [0.4, 0.5) is 0 Å². The average molecular weight is 223 g/mol. The smallest absolute Gasteiger partial charge is 0.243 e. The number of nitrogens with zero attached hydrogens (tertiary/aromatic N) is 1. The quantitative estimate of drug-likeness (QED) is 0.559. The first-order chi connectivity index (χ1) is 7.70. The van der Waals surface area contributed by atoms with Crippen LogP contribution >= 0.6 is 0 Å². The number of fused-ring (bicyclic) bond motifs is 1. The van der Waals surface area contributed by atoms with Crippen molar-refractivity contribution < 1.29 is 9.59 Å². The minimum Gasteiger partial charge on any atom is -0.345 e. The van der Waals surface area contributed by atoms with E-state index in [0.717, 1.165) is 38.9 Å². The third-order valence-electron chi connectivity index (χ3n) is 4.21. The van der Waals surface area contributed by atoms with Gasteiger partial charge in [0.05, 0.1) is 6.54 Å². The highest BCUT2D eigenvalue weighted by Gasteiger charge is 2.50. The Hall–Kier alpha value is -1.10. The lowest BCUT2D eigenvalue weighted by Crippen LogP contribution is -2.55. The van der Waals surface area contributed by atoms with E-state index in [1.54, 1.807) is 4.90 Å². The van der Waals surface area contributed by atoms with Gasteiger partial charge in [0.25, 0.3) is 0 Å². The molecule has 3 aliphatic rings. The van der Waals surface area contributed by atoms with Gasteiger partial charge in [0.2, 0.25) is 11.8 Å². The topological polar surface area (TPSA) is 61.4 Å². The summed E-state index contributed by atoms with van der Waals surface area (Å²) in [6.45, 7) is 2.99. The van der Waals surface area contributed by atoms with E-state index in [0.29, 0.717) is 0 Å². The number of rotatable bonds is 0. The number of piperidine rings is 1. The first kappa shape index (κ1) is 10.1. The second-order valence-corrected chi connectivity index (χ2v) is 5.21. The summed E-state index contributed by atoms with van der Waals surface area (Å²) >= 11 is 0. The predicted molar refractivity (Wildman–Crippen MR) is 57.7 cm³/mol. The molecule has 0 saturated carbocycles. The molecular weight excluding hydrogens is 206 g/mol. The standard InChI is InChI=1S/C11H17N3O2/c15-9-6-13-10(16)8-5-11(7-14(8)9)1-3-12-4-2-11/h8,12H,1-7H2,(H,13,16). The summed E-state index contributed by atoms with van der Waals surface area (Å²) in [6, 6.07) is -0.195. The predicted octanol–water partition coefficient (Wildman–Crippen LogP) is -0.913. The van der Waals surface area contributed by atoms with Gasteiger partial charge >= 0.3 is 0 Å². The van der Waals surface area contributed by atoms with Gasteiger partial charge in [-0.25, -0.2) is 0 Å². The largest absolute Gasteiger partial charge is 0.345 e. The Morgan fingerprint density at radius 3 is 2.69 bits per heavy atom. The van der Waals surface area contributed by atoms with Crippen molar-refractivity contribution in [2.24, 2.45) is 5.41 Å². The highest BCUT2D eigenvalue weighted by atomic mass is 16.2. The van der Waals surface area contributed by atoms with E-state index in [1.165, 1.54) is 0 Å². The maximum absolute atomic E-state index is 11.7. The highest BCUT2D eigenvalue weighted by molar-refractivity contribution is 5.95. The molecule has 1 unspecified atom stereocenters. The van der Waals surface area contributed by atoms with Crippen molar-refractivity contribution in [1.29, 1.82) is 0 Å². The molecule has 3 saturated heterocycles. The number of nitrogens with one attached hydrogen (secondary N) is 2. The molecule has 88 valence electrons. The van der Waals surface area contributed by atoms with Crippen molar-refractivity contribution in [1.82, 2.24) is 15.5 Å². The van der Waals surface area contributed by atoms with Crippen LogP contribution in [0.1, 0.15) is 19.3 Å². The van der Waals surface area contributed by atoms with Crippen LogP contribution in [0.15, 0.2) is 0 Å². The fourth-order valence-electron chi connectivity index (χ4n) is 3.25. The molecular formula is C11H17N3O2. The second kappa shape index (κ2) is 3.45. The molecule has 5 nitrogen and oxygen atoms in total. The average Bonchev–Trinajstić information content (AvgIpc) is 2.65. The van der Waals surface area contributed by atoms with Crippen LogP contribution in [-0.4, -0.2) is 48.9 Å². The monoisotopic (exact) mass is 223 g/mol. The lowest BCUT2D eigenvalue weighted by atomic mass is 9.77. The molecule has 1 atom stereocenters. The van der Waals surface area contributed by atoms with Crippen LogP contribution in [0, 0.1) is 5.41 Å². The number of carbonyl (C=O) groups excluding carboxylic acids is 2. The normalized spacial score (nSPS) is 32.8. The number of carbonyl (C=O) groups is 2. The summed E-state index contributed by atoms with van der Waals surface area (Å²) in [5.41, 5.74) is 0.202. The summed E-state index contributed by atoms with van der Waals surface area (Å²) in [4.78, 5) is 25.3. The lowest BCUT2D eigenvalue weighted by molar-refractivity contribution is -0.143. The molecule has 2 amide bonds. The molecule has 0 bridgehead atoms. The zero-order chi connectivity index (χ0) is 11.2. The van der Waals surface area contributed by atoms with Gasteiger partial charge in [-0.2, -0.15) is 0 Å². The van der Waals surface area contributed by atoms with Crippen LogP contribution in [-0.2, 0) is 9.59 Å². The molecule has 0 aliphatic carbocycles. The third-order valence-corrected chi connectivity index (χ3v) is 4.21. The van der Waals surface area contributed by atoms with E-state index in [9.17, 15) is 9.59 Å². The van der Waals surface area contributed by atoms with Crippen LogP contribution in [0.3, 0.4) is 0 Å². The van der Waals surface area contributed by atoms with Gasteiger partial charge in [0.1, 0.15) is 6.04 Å². The Labute approximate surface area is 94.6 Å². The Morgan fingerprint density at radius 1 is 1.25 bits per heavy atom. The molecule has 0 radical (unpaired) electrons. The fourth-order valence-corrected chi connectivity index (χ4v) is 3.25. The van der Waals surface area contributed by atoms with Gasteiger partial charge in [-0.15, -0.1) is 0 Å². The van der Waals surface area contributed by atoms with E-state index >= 15 is 0 Å². The SMILES string of the molecule is O=C1NCC(=O)N2CC3(CCNCC3)CC12. The first-order valence-electron chi connectivity index (χ1n) is 5.98. The Morgan fingerprint density at radius 2 is 2.00 bits per heavy atom. The number of piperazine rings is 1. The molecule has 3 aliphatic heterocycles. The number of hydrogen-bond donors (Lipinski definition) is 2. The van der Waals surface area contributed by atoms with Gasteiger partial charge in [0, 0.05) is 6.54 Å². The maximum atomic E-state index is 11.7. The van der Waals surface area contributed by atoms with Crippen molar-refractivity contribution in [2.45, 2.75) is 25.3 Å². The minimum atomic E-state index is -0.195. The summed E-state index contributed by atoms with van der Waals surface area (Å²) < 4.78 is 0. The van der Waals surface area contributed by atoms with Gasteiger partial charge in [0.15, 0.2) is 0 Å². The first-order valence-corrected chi connectivity index (χ1v) is 5.98. The Balaban J connectivity index is 1.83. The summed E-state index contributed by atoms with van der Waals surface area (Å²) in [5.74, 6) is 0.120. The molecule has 2 N–H and O–H groups in total. The molecule has 0 aromatic carbocycles. The summed E-state index contributed by atoms with van der Waals surface area (Å²) in [6.07, 6.45) is 3.02. The van der Waals surface area contributed by atoms with Gasteiger partial charge in [-0.3, -0.25) is 9.59 Å². The molecule has 3 fully saturated rings.